The smallest absolute Gasteiger partial charge is 0.268 e. The quantitative estimate of drug-likeness (QED) is 0.750. The standard InChI is InChI=1S/C10H13N3O/c1-8-3-4-9(7-12)10(14)13(8)6-2-5-11/h3-4H,2,5-6,11H2,1H3. The van der Waals surface area contributed by atoms with E-state index in [4.69, 9.17) is 11.0 Å². The molecule has 4 heteroatoms. The Hall–Kier alpha value is -1.60. The van der Waals surface area contributed by atoms with Gasteiger partial charge in [0, 0.05) is 12.2 Å². The van der Waals surface area contributed by atoms with Crippen molar-refractivity contribution in [3.63, 3.8) is 0 Å². The monoisotopic (exact) mass is 191 g/mol. The summed E-state index contributed by atoms with van der Waals surface area (Å²) in [4.78, 5) is 11.6. The molecule has 14 heavy (non-hydrogen) atoms. The number of pyridine rings is 1. The average molecular weight is 191 g/mol. The molecule has 0 aromatic carbocycles. The van der Waals surface area contributed by atoms with E-state index >= 15 is 0 Å². The summed E-state index contributed by atoms with van der Waals surface area (Å²) in [5.41, 5.74) is 6.20. The van der Waals surface area contributed by atoms with Gasteiger partial charge < -0.3 is 10.3 Å². The summed E-state index contributed by atoms with van der Waals surface area (Å²) in [5.74, 6) is 0. The minimum atomic E-state index is -0.221. The fourth-order valence-electron chi connectivity index (χ4n) is 1.28. The van der Waals surface area contributed by atoms with Crippen LogP contribution in [0.15, 0.2) is 16.9 Å². The largest absolute Gasteiger partial charge is 0.330 e. The molecule has 1 aromatic heterocycles. The molecule has 1 heterocycles. The second kappa shape index (κ2) is 4.58. The molecule has 0 amide bonds. The van der Waals surface area contributed by atoms with E-state index in [0.717, 1.165) is 12.1 Å². The van der Waals surface area contributed by atoms with Crippen molar-refractivity contribution in [1.29, 1.82) is 5.26 Å². The topological polar surface area (TPSA) is 71.8 Å². The highest BCUT2D eigenvalue weighted by atomic mass is 16.1. The summed E-state index contributed by atoms with van der Waals surface area (Å²) in [6.07, 6.45) is 0.746. The lowest BCUT2D eigenvalue weighted by atomic mass is 10.2. The van der Waals surface area contributed by atoms with Gasteiger partial charge in [-0.05, 0) is 32.0 Å². The molecule has 1 rings (SSSR count). The van der Waals surface area contributed by atoms with E-state index in [1.807, 2.05) is 13.0 Å². The summed E-state index contributed by atoms with van der Waals surface area (Å²) in [7, 11) is 0. The van der Waals surface area contributed by atoms with Gasteiger partial charge in [-0.25, -0.2) is 0 Å². The van der Waals surface area contributed by atoms with Gasteiger partial charge in [0.2, 0.25) is 0 Å². The summed E-state index contributed by atoms with van der Waals surface area (Å²) < 4.78 is 1.59. The molecule has 0 aliphatic heterocycles. The predicted molar refractivity (Wildman–Crippen MR) is 53.8 cm³/mol. The van der Waals surface area contributed by atoms with Crippen molar-refractivity contribution in [2.24, 2.45) is 5.73 Å². The van der Waals surface area contributed by atoms with Gasteiger partial charge in [-0.2, -0.15) is 5.26 Å². The lowest BCUT2D eigenvalue weighted by Crippen LogP contribution is -2.25. The molecule has 0 saturated heterocycles. The molecule has 0 aliphatic carbocycles. The molecular formula is C10H13N3O. The van der Waals surface area contributed by atoms with Crippen LogP contribution in [0.5, 0.6) is 0 Å². The molecule has 1 aromatic rings. The van der Waals surface area contributed by atoms with Crippen LogP contribution >= 0.6 is 0 Å². The zero-order valence-electron chi connectivity index (χ0n) is 8.16. The van der Waals surface area contributed by atoms with Crippen molar-refractivity contribution in [2.45, 2.75) is 19.9 Å². The Labute approximate surface area is 82.6 Å². The van der Waals surface area contributed by atoms with Crippen LogP contribution in [0, 0.1) is 18.3 Å². The molecule has 2 N–H and O–H groups in total. The Morgan fingerprint density at radius 2 is 2.29 bits per heavy atom. The van der Waals surface area contributed by atoms with Crippen LogP contribution in [0.4, 0.5) is 0 Å². The number of hydrogen-bond donors (Lipinski definition) is 1. The van der Waals surface area contributed by atoms with Crippen LogP contribution in [0.3, 0.4) is 0 Å². The third-order valence-corrected chi connectivity index (χ3v) is 2.10. The van der Waals surface area contributed by atoms with Crippen molar-refractivity contribution in [3.8, 4) is 6.07 Å². The van der Waals surface area contributed by atoms with Crippen LogP contribution in [0.1, 0.15) is 17.7 Å². The van der Waals surface area contributed by atoms with E-state index in [1.165, 1.54) is 0 Å². The molecule has 0 bridgehead atoms. The highest BCUT2D eigenvalue weighted by Gasteiger charge is 2.04. The number of nitrogens with two attached hydrogens (primary N) is 1. The number of nitriles is 1. The molecule has 0 unspecified atom stereocenters. The van der Waals surface area contributed by atoms with Crippen LogP contribution < -0.4 is 11.3 Å². The van der Waals surface area contributed by atoms with Gasteiger partial charge in [-0.1, -0.05) is 0 Å². The van der Waals surface area contributed by atoms with Gasteiger partial charge in [0.1, 0.15) is 11.6 Å². The van der Waals surface area contributed by atoms with Gasteiger partial charge in [0.05, 0.1) is 0 Å². The SMILES string of the molecule is Cc1ccc(C#N)c(=O)n1CCCN. The first kappa shape index (κ1) is 10.5. The lowest BCUT2D eigenvalue weighted by Gasteiger charge is -2.08. The molecule has 0 saturated carbocycles. The molecule has 74 valence electrons. The molecule has 0 atom stereocenters. The zero-order valence-corrected chi connectivity index (χ0v) is 8.16. The summed E-state index contributed by atoms with van der Waals surface area (Å²) >= 11 is 0. The van der Waals surface area contributed by atoms with Gasteiger partial charge in [0.15, 0.2) is 0 Å². The minimum Gasteiger partial charge on any atom is -0.330 e. The summed E-state index contributed by atoms with van der Waals surface area (Å²) in [5, 5.41) is 8.67. The van der Waals surface area contributed by atoms with Gasteiger partial charge in [0.25, 0.3) is 5.56 Å². The molecular weight excluding hydrogens is 178 g/mol. The fraction of sp³-hybridized carbons (Fsp3) is 0.400. The molecule has 0 aliphatic rings. The van der Waals surface area contributed by atoms with E-state index in [1.54, 1.807) is 16.7 Å². The Bertz CT molecular complexity index is 414. The Morgan fingerprint density at radius 1 is 1.57 bits per heavy atom. The number of hydrogen-bond acceptors (Lipinski definition) is 3. The second-order valence-electron chi connectivity index (χ2n) is 3.10. The van der Waals surface area contributed by atoms with Crippen molar-refractivity contribution in [1.82, 2.24) is 4.57 Å². The Kier molecular flexibility index (Phi) is 3.43. The number of aromatic nitrogens is 1. The van der Waals surface area contributed by atoms with E-state index in [9.17, 15) is 4.79 Å². The van der Waals surface area contributed by atoms with Crippen LogP contribution in [-0.2, 0) is 6.54 Å². The van der Waals surface area contributed by atoms with Gasteiger partial charge >= 0.3 is 0 Å². The molecule has 0 fully saturated rings. The van der Waals surface area contributed by atoms with Crippen LogP contribution in [0.2, 0.25) is 0 Å². The van der Waals surface area contributed by atoms with E-state index in [2.05, 4.69) is 0 Å². The lowest BCUT2D eigenvalue weighted by molar-refractivity contribution is 0.613. The Balaban J connectivity index is 3.14. The molecule has 0 spiro atoms. The van der Waals surface area contributed by atoms with E-state index in [-0.39, 0.29) is 11.1 Å². The van der Waals surface area contributed by atoms with E-state index < -0.39 is 0 Å². The summed E-state index contributed by atoms with van der Waals surface area (Å²) in [6.45, 7) is 2.97. The first-order chi connectivity index (χ1) is 6.70. The Morgan fingerprint density at radius 3 is 2.86 bits per heavy atom. The third-order valence-electron chi connectivity index (χ3n) is 2.10. The highest BCUT2D eigenvalue weighted by molar-refractivity contribution is 5.27. The van der Waals surface area contributed by atoms with Gasteiger partial charge in [-0.3, -0.25) is 4.79 Å². The molecule has 0 radical (unpaired) electrons. The zero-order chi connectivity index (χ0) is 10.6. The maximum Gasteiger partial charge on any atom is 0.268 e. The highest BCUT2D eigenvalue weighted by Crippen LogP contribution is 1.98. The first-order valence-corrected chi connectivity index (χ1v) is 4.51. The van der Waals surface area contributed by atoms with Crippen LogP contribution in [-0.4, -0.2) is 11.1 Å². The normalized spacial score (nSPS) is 9.79. The maximum absolute atomic E-state index is 11.6. The average Bonchev–Trinajstić information content (AvgIpc) is 2.18. The fourth-order valence-corrected chi connectivity index (χ4v) is 1.28. The second-order valence-corrected chi connectivity index (χ2v) is 3.10. The van der Waals surface area contributed by atoms with Crippen molar-refractivity contribution < 1.29 is 0 Å². The number of aryl methyl sites for hydroxylation is 1. The predicted octanol–water partition coefficient (Wildman–Crippen LogP) is 0.377. The van der Waals surface area contributed by atoms with Crippen LogP contribution in [0.25, 0.3) is 0 Å². The maximum atomic E-state index is 11.6. The number of rotatable bonds is 3. The van der Waals surface area contributed by atoms with E-state index in [0.29, 0.717) is 13.1 Å². The third kappa shape index (κ3) is 2.01. The molecule has 4 nitrogen and oxygen atoms in total. The minimum absolute atomic E-state index is 0.188. The summed E-state index contributed by atoms with van der Waals surface area (Å²) in [6, 6.07) is 5.20. The van der Waals surface area contributed by atoms with Crippen molar-refractivity contribution >= 4 is 0 Å². The first-order valence-electron chi connectivity index (χ1n) is 4.51. The number of nitrogens with zero attached hydrogens (tertiary/aromatic N) is 2. The van der Waals surface area contributed by atoms with Crippen molar-refractivity contribution in [2.75, 3.05) is 6.54 Å². The van der Waals surface area contributed by atoms with Crippen molar-refractivity contribution in [3.05, 3.63) is 33.7 Å². The van der Waals surface area contributed by atoms with Gasteiger partial charge in [-0.15, -0.1) is 0 Å².